The van der Waals surface area contributed by atoms with Crippen molar-refractivity contribution in [1.29, 1.82) is 0 Å². The van der Waals surface area contributed by atoms with E-state index in [0.717, 1.165) is 63.8 Å². The van der Waals surface area contributed by atoms with Gasteiger partial charge in [-0.1, -0.05) is 18.2 Å². The zero-order chi connectivity index (χ0) is 18.6. The summed E-state index contributed by atoms with van der Waals surface area (Å²) in [6.45, 7) is 11.1. The van der Waals surface area contributed by atoms with Crippen LogP contribution in [0.25, 0.3) is 0 Å². The second-order valence-corrected chi connectivity index (χ2v) is 10.1. The molecule has 0 aromatic rings. The SMILES string of the molecule is C/C=C\OCCC[Si](CCCO/C=C\C)(CCCO/C=C\C)OCC. The Morgan fingerprint density at radius 3 is 1.28 bits per heavy atom. The third kappa shape index (κ3) is 13.7. The molecule has 146 valence electrons. The van der Waals surface area contributed by atoms with E-state index >= 15 is 0 Å². The van der Waals surface area contributed by atoms with Crippen molar-refractivity contribution < 1.29 is 18.6 Å². The molecule has 0 aliphatic carbocycles. The first-order valence-electron chi connectivity index (χ1n) is 9.57. The maximum atomic E-state index is 6.37. The minimum Gasteiger partial charge on any atom is -0.502 e. The van der Waals surface area contributed by atoms with Crippen molar-refractivity contribution in [2.45, 2.75) is 65.1 Å². The molecule has 25 heavy (non-hydrogen) atoms. The number of allylic oxidation sites excluding steroid dienone is 3. The first kappa shape index (κ1) is 23.8. The molecule has 0 aromatic carbocycles. The lowest BCUT2D eigenvalue weighted by molar-refractivity contribution is 0.232. The van der Waals surface area contributed by atoms with Gasteiger partial charge >= 0.3 is 0 Å². The van der Waals surface area contributed by atoms with E-state index in [1.807, 2.05) is 39.0 Å². The van der Waals surface area contributed by atoms with Gasteiger partial charge in [0.1, 0.15) is 0 Å². The fourth-order valence-electron chi connectivity index (χ4n) is 2.82. The Bertz CT molecular complexity index is 316. The van der Waals surface area contributed by atoms with Gasteiger partial charge < -0.3 is 18.6 Å². The monoisotopic (exact) mass is 370 g/mol. The maximum Gasteiger partial charge on any atom is 0.193 e. The molecular formula is C20H38O4Si. The van der Waals surface area contributed by atoms with Gasteiger partial charge in [0, 0.05) is 6.61 Å². The van der Waals surface area contributed by atoms with Gasteiger partial charge in [0.2, 0.25) is 0 Å². The molecule has 0 atom stereocenters. The highest BCUT2D eigenvalue weighted by molar-refractivity contribution is 6.73. The van der Waals surface area contributed by atoms with Crippen LogP contribution >= 0.6 is 0 Å². The molecule has 5 heteroatoms. The molecule has 0 heterocycles. The lowest BCUT2D eigenvalue weighted by atomic mass is 10.5. The third-order valence-corrected chi connectivity index (χ3v) is 8.53. The minimum atomic E-state index is -1.79. The summed E-state index contributed by atoms with van der Waals surface area (Å²) in [6.07, 6.45) is 14.2. The summed E-state index contributed by atoms with van der Waals surface area (Å²) < 4.78 is 22.8. The smallest absolute Gasteiger partial charge is 0.193 e. The number of hydrogen-bond acceptors (Lipinski definition) is 4. The molecular weight excluding hydrogens is 332 g/mol. The second kappa shape index (κ2) is 17.6. The van der Waals surface area contributed by atoms with Crippen LogP contribution in [0.2, 0.25) is 18.1 Å². The number of hydrogen-bond donors (Lipinski definition) is 0. The summed E-state index contributed by atoms with van der Waals surface area (Å²) in [5, 5.41) is 0. The Hall–Kier alpha value is -1.20. The quantitative estimate of drug-likeness (QED) is 0.184. The van der Waals surface area contributed by atoms with Crippen LogP contribution in [0.5, 0.6) is 0 Å². The van der Waals surface area contributed by atoms with Gasteiger partial charge in [-0.05, 0) is 65.1 Å². The van der Waals surface area contributed by atoms with E-state index in [2.05, 4.69) is 6.92 Å². The zero-order valence-electron chi connectivity index (χ0n) is 16.7. The topological polar surface area (TPSA) is 36.9 Å². The van der Waals surface area contributed by atoms with E-state index in [-0.39, 0.29) is 0 Å². The molecule has 0 fully saturated rings. The van der Waals surface area contributed by atoms with Crippen LogP contribution in [-0.2, 0) is 18.6 Å². The van der Waals surface area contributed by atoms with Gasteiger partial charge in [-0.15, -0.1) is 0 Å². The molecule has 0 radical (unpaired) electrons. The molecule has 0 rings (SSSR count). The van der Waals surface area contributed by atoms with Crippen molar-refractivity contribution in [3.05, 3.63) is 37.0 Å². The summed E-state index contributed by atoms with van der Waals surface area (Å²) in [6, 6.07) is 3.39. The average Bonchev–Trinajstić information content (AvgIpc) is 2.61. The summed E-state index contributed by atoms with van der Waals surface area (Å²) in [5.74, 6) is 0. The van der Waals surface area contributed by atoms with E-state index in [9.17, 15) is 0 Å². The first-order valence-corrected chi connectivity index (χ1v) is 12.1. The Balaban J connectivity index is 4.54. The van der Waals surface area contributed by atoms with Crippen molar-refractivity contribution in [2.75, 3.05) is 26.4 Å². The Morgan fingerprint density at radius 2 is 1.00 bits per heavy atom. The van der Waals surface area contributed by atoms with Crippen molar-refractivity contribution in [1.82, 2.24) is 0 Å². The molecule has 0 spiro atoms. The molecule has 0 amide bonds. The summed E-state index contributed by atoms with van der Waals surface area (Å²) >= 11 is 0. The second-order valence-electron chi connectivity index (χ2n) is 5.95. The molecule has 0 N–H and O–H groups in total. The summed E-state index contributed by atoms with van der Waals surface area (Å²) in [4.78, 5) is 0. The fraction of sp³-hybridized carbons (Fsp3) is 0.700. The van der Waals surface area contributed by atoms with Crippen molar-refractivity contribution in [2.24, 2.45) is 0 Å². The van der Waals surface area contributed by atoms with Crippen molar-refractivity contribution in [3.63, 3.8) is 0 Å². The van der Waals surface area contributed by atoms with Gasteiger partial charge in [-0.25, -0.2) is 0 Å². The first-order chi connectivity index (χ1) is 12.2. The molecule has 0 unspecified atom stereocenters. The van der Waals surface area contributed by atoms with Crippen LogP contribution in [0.4, 0.5) is 0 Å². The van der Waals surface area contributed by atoms with Crippen molar-refractivity contribution >= 4 is 8.32 Å². The molecule has 0 aromatic heterocycles. The van der Waals surface area contributed by atoms with Crippen LogP contribution in [0, 0.1) is 0 Å². The van der Waals surface area contributed by atoms with Gasteiger partial charge in [0.25, 0.3) is 0 Å². The summed E-state index contributed by atoms with van der Waals surface area (Å²) in [5.41, 5.74) is 0. The Morgan fingerprint density at radius 1 is 0.640 bits per heavy atom. The van der Waals surface area contributed by atoms with Crippen LogP contribution in [0.1, 0.15) is 47.0 Å². The number of ether oxygens (including phenoxy) is 3. The lowest BCUT2D eigenvalue weighted by Crippen LogP contribution is -2.39. The van der Waals surface area contributed by atoms with Crippen LogP contribution in [0.3, 0.4) is 0 Å². The molecule has 0 saturated carbocycles. The molecule has 0 aliphatic rings. The van der Waals surface area contributed by atoms with Gasteiger partial charge in [-0.2, -0.15) is 0 Å². The van der Waals surface area contributed by atoms with Gasteiger partial charge in [0.15, 0.2) is 8.32 Å². The average molecular weight is 371 g/mol. The Labute approximate surface area is 156 Å². The highest BCUT2D eigenvalue weighted by Gasteiger charge is 2.33. The van der Waals surface area contributed by atoms with Crippen LogP contribution in [0.15, 0.2) is 37.0 Å². The van der Waals surface area contributed by atoms with Gasteiger partial charge in [-0.3, -0.25) is 0 Å². The minimum absolute atomic E-state index is 0.760. The van der Waals surface area contributed by atoms with E-state index in [1.165, 1.54) is 0 Å². The van der Waals surface area contributed by atoms with Crippen LogP contribution in [-0.4, -0.2) is 34.7 Å². The fourth-order valence-corrected chi connectivity index (χ4v) is 6.98. The standard InChI is InChI=1S/C20H38O4Si/c1-5-12-21-15-9-18-25(24-8-4,19-10-16-22-13-6-2)20-11-17-23-14-7-3/h5-7,12-14H,8-11,15-20H2,1-4H3/b12-5-,13-6-,14-7-. The number of rotatable bonds is 17. The molecule has 0 aliphatic heterocycles. The normalized spacial score (nSPS) is 12.5. The Kier molecular flexibility index (Phi) is 16.8. The van der Waals surface area contributed by atoms with E-state index in [4.69, 9.17) is 18.6 Å². The highest BCUT2D eigenvalue weighted by atomic mass is 28.4. The van der Waals surface area contributed by atoms with E-state index in [0.29, 0.717) is 0 Å². The largest absolute Gasteiger partial charge is 0.502 e. The predicted octanol–water partition coefficient (Wildman–Crippen LogP) is 5.79. The highest BCUT2D eigenvalue weighted by Crippen LogP contribution is 2.28. The maximum absolute atomic E-state index is 6.37. The predicted molar refractivity (Wildman–Crippen MR) is 108 cm³/mol. The third-order valence-electron chi connectivity index (χ3n) is 3.83. The van der Waals surface area contributed by atoms with Gasteiger partial charge in [0.05, 0.1) is 38.6 Å². The zero-order valence-corrected chi connectivity index (χ0v) is 17.7. The summed E-state index contributed by atoms with van der Waals surface area (Å²) in [7, 11) is -1.79. The lowest BCUT2D eigenvalue weighted by Gasteiger charge is -2.31. The molecule has 0 bridgehead atoms. The molecule has 0 saturated heterocycles. The van der Waals surface area contributed by atoms with E-state index in [1.54, 1.807) is 18.8 Å². The molecule has 4 nitrogen and oxygen atoms in total. The van der Waals surface area contributed by atoms with E-state index < -0.39 is 8.32 Å². The van der Waals surface area contributed by atoms with Crippen LogP contribution < -0.4 is 0 Å². The van der Waals surface area contributed by atoms with Crippen molar-refractivity contribution in [3.8, 4) is 0 Å².